The molecular weight excluding hydrogens is 222 g/mol. The van der Waals surface area contributed by atoms with Crippen LogP contribution in [0.2, 0.25) is 0 Å². The van der Waals surface area contributed by atoms with Gasteiger partial charge in [0, 0.05) is 19.2 Å². The minimum Gasteiger partial charge on any atom is -0.396 e. The summed E-state index contributed by atoms with van der Waals surface area (Å²) in [5, 5.41) is 12.7. The molecule has 2 nitrogen and oxygen atoms in total. The summed E-state index contributed by atoms with van der Waals surface area (Å²) >= 11 is 0. The van der Waals surface area contributed by atoms with E-state index in [1.807, 2.05) is 0 Å². The molecule has 0 aliphatic heterocycles. The molecule has 0 aromatic heterocycles. The second kappa shape index (κ2) is 5.41. The van der Waals surface area contributed by atoms with E-state index in [9.17, 15) is 0 Å². The molecule has 1 fully saturated rings. The summed E-state index contributed by atoms with van der Waals surface area (Å²) < 4.78 is 0. The van der Waals surface area contributed by atoms with E-state index < -0.39 is 0 Å². The maximum atomic E-state index is 9.08. The monoisotopic (exact) mass is 247 g/mol. The number of nitrogens with one attached hydrogen (secondary N) is 1. The van der Waals surface area contributed by atoms with Gasteiger partial charge in [-0.1, -0.05) is 23.8 Å². The van der Waals surface area contributed by atoms with Gasteiger partial charge in [0.15, 0.2) is 0 Å². The molecule has 1 saturated carbocycles. The molecule has 100 valence electrons. The molecule has 0 bridgehead atoms. The van der Waals surface area contributed by atoms with E-state index in [4.69, 9.17) is 5.11 Å². The number of aryl methyl sites for hydroxylation is 2. The average Bonchev–Trinajstić information content (AvgIpc) is 3.10. The highest BCUT2D eigenvalue weighted by molar-refractivity contribution is 5.32. The lowest BCUT2D eigenvalue weighted by molar-refractivity contribution is 0.243. The highest BCUT2D eigenvalue weighted by Gasteiger charge is 2.41. The van der Waals surface area contributed by atoms with Crippen LogP contribution in [0.15, 0.2) is 18.2 Å². The predicted molar refractivity (Wildman–Crippen MR) is 75.7 cm³/mol. The van der Waals surface area contributed by atoms with Gasteiger partial charge in [-0.05, 0) is 56.6 Å². The van der Waals surface area contributed by atoms with Crippen molar-refractivity contribution in [2.24, 2.45) is 5.41 Å². The molecule has 1 aliphatic rings. The van der Waals surface area contributed by atoms with Crippen molar-refractivity contribution in [3.05, 3.63) is 34.9 Å². The van der Waals surface area contributed by atoms with Gasteiger partial charge in [0.25, 0.3) is 0 Å². The number of benzene rings is 1. The van der Waals surface area contributed by atoms with Crippen LogP contribution in [0.5, 0.6) is 0 Å². The maximum Gasteiger partial charge on any atom is 0.0436 e. The van der Waals surface area contributed by atoms with E-state index in [0.29, 0.717) is 18.1 Å². The molecule has 1 unspecified atom stereocenters. The van der Waals surface area contributed by atoms with Gasteiger partial charge in [-0.25, -0.2) is 0 Å². The summed E-state index contributed by atoms with van der Waals surface area (Å²) in [6.07, 6.45) is 3.47. The smallest absolute Gasteiger partial charge is 0.0436 e. The van der Waals surface area contributed by atoms with Gasteiger partial charge in [-0.2, -0.15) is 0 Å². The standard InChI is InChI=1S/C16H25NO/c1-12-4-5-13(2)15(10-12)14(3)17-11-16(6-7-16)8-9-18/h4-5,10,14,17-18H,6-9,11H2,1-3H3. The normalized spacial score (nSPS) is 18.7. The first-order valence-electron chi connectivity index (χ1n) is 6.98. The van der Waals surface area contributed by atoms with E-state index in [1.165, 1.54) is 29.5 Å². The molecule has 0 amide bonds. The van der Waals surface area contributed by atoms with E-state index in [1.54, 1.807) is 0 Å². The van der Waals surface area contributed by atoms with Crippen LogP contribution in [0.25, 0.3) is 0 Å². The van der Waals surface area contributed by atoms with Gasteiger partial charge in [0.1, 0.15) is 0 Å². The number of aliphatic hydroxyl groups is 1. The summed E-state index contributed by atoms with van der Waals surface area (Å²) in [7, 11) is 0. The van der Waals surface area contributed by atoms with Crippen LogP contribution in [0.1, 0.15) is 48.9 Å². The Morgan fingerprint density at radius 1 is 1.33 bits per heavy atom. The molecule has 0 spiro atoms. The second-order valence-corrected chi connectivity index (χ2v) is 5.94. The maximum absolute atomic E-state index is 9.08. The first kappa shape index (κ1) is 13.6. The summed E-state index contributed by atoms with van der Waals surface area (Å²) in [5.74, 6) is 0. The summed E-state index contributed by atoms with van der Waals surface area (Å²) in [5.41, 5.74) is 4.46. The van der Waals surface area contributed by atoms with Crippen molar-refractivity contribution in [1.29, 1.82) is 0 Å². The van der Waals surface area contributed by atoms with Crippen molar-refractivity contribution in [2.45, 2.75) is 46.1 Å². The van der Waals surface area contributed by atoms with Crippen molar-refractivity contribution >= 4 is 0 Å². The highest BCUT2D eigenvalue weighted by atomic mass is 16.3. The average molecular weight is 247 g/mol. The molecular formula is C16H25NO. The first-order chi connectivity index (χ1) is 8.56. The van der Waals surface area contributed by atoms with Crippen LogP contribution in [0.3, 0.4) is 0 Å². The molecule has 1 atom stereocenters. The molecule has 2 heteroatoms. The Kier molecular flexibility index (Phi) is 4.08. The van der Waals surface area contributed by atoms with Crippen molar-refractivity contribution in [3.8, 4) is 0 Å². The molecule has 0 saturated heterocycles. The molecule has 0 radical (unpaired) electrons. The number of hydrogen-bond acceptors (Lipinski definition) is 2. The Morgan fingerprint density at radius 3 is 2.67 bits per heavy atom. The van der Waals surface area contributed by atoms with Crippen LogP contribution >= 0.6 is 0 Å². The van der Waals surface area contributed by atoms with Crippen LogP contribution < -0.4 is 5.32 Å². The van der Waals surface area contributed by atoms with Gasteiger partial charge in [-0.3, -0.25) is 0 Å². The molecule has 0 heterocycles. The van der Waals surface area contributed by atoms with Crippen molar-refractivity contribution in [1.82, 2.24) is 5.32 Å². The Balaban J connectivity index is 1.95. The fourth-order valence-electron chi connectivity index (χ4n) is 2.64. The molecule has 2 N–H and O–H groups in total. The minimum atomic E-state index is 0.319. The Hall–Kier alpha value is -0.860. The van der Waals surface area contributed by atoms with Gasteiger partial charge >= 0.3 is 0 Å². The molecule has 1 aliphatic carbocycles. The zero-order valence-corrected chi connectivity index (χ0v) is 11.8. The summed E-state index contributed by atoms with van der Waals surface area (Å²) in [4.78, 5) is 0. The predicted octanol–water partition coefficient (Wildman–Crippen LogP) is 3.12. The third-order valence-corrected chi connectivity index (χ3v) is 4.28. The van der Waals surface area contributed by atoms with Crippen LogP contribution in [0, 0.1) is 19.3 Å². The van der Waals surface area contributed by atoms with Crippen LogP contribution in [0.4, 0.5) is 0 Å². The van der Waals surface area contributed by atoms with Crippen LogP contribution in [-0.4, -0.2) is 18.3 Å². The minimum absolute atomic E-state index is 0.319. The zero-order valence-electron chi connectivity index (χ0n) is 11.8. The number of hydrogen-bond donors (Lipinski definition) is 2. The SMILES string of the molecule is Cc1ccc(C)c(C(C)NCC2(CCO)CC2)c1. The quantitative estimate of drug-likeness (QED) is 0.809. The van der Waals surface area contributed by atoms with E-state index in [2.05, 4.69) is 44.3 Å². The van der Waals surface area contributed by atoms with E-state index >= 15 is 0 Å². The lowest BCUT2D eigenvalue weighted by Crippen LogP contribution is -2.27. The van der Waals surface area contributed by atoms with E-state index in [0.717, 1.165) is 13.0 Å². The van der Waals surface area contributed by atoms with Gasteiger partial charge in [0.05, 0.1) is 0 Å². The van der Waals surface area contributed by atoms with Crippen molar-refractivity contribution < 1.29 is 5.11 Å². The molecule has 18 heavy (non-hydrogen) atoms. The van der Waals surface area contributed by atoms with Gasteiger partial charge < -0.3 is 10.4 Å². The third-order valence-electron chi connectivity index (χ3n) is 4.28. The van der Waals surface area contributed by atoms with Crippen molar-refractivity contribution in [3.63, 3.8) is 0 Å². The third kappa shape index (κ3) is 3.12. The lowest BCUT2D eigenvalue weighted by Gasteiger charge is -2.21. The number of rotatable bonds is 6. The zero-order chi connectivity index (χ0) is 13.2. The van der Waals surface area contributed by atoms with Gasteiger partial charge in [-0.15, -0.1) is 0 Å². The topological polar surface area (TPSA) is 32.3 Å². The lowest BCUT2D eigenvalue weighted by atomic mass is 9.98. The van der Waals surface area contributed by atoms with Crippen molar-refractivity contribution in [2.75, 3.05) is 13.2 Å². The largest absolute Gasteiger partial charge is 0.396 e. The fraction of sp³-hybridized carbons (Fsp3) is 0.625. The number of aliphatic hydroxyl groups excluding tert-OH is 1. The first-order valence-corrected chi connectivity index (χ1v) is 6.98. The van der Waals surface area contributed by atoms with E-state index in [-0.39, 0.29) is 0 Å². The van der Waals surface area contributed by atoms with Gasteiger partial charge in [0.2, 0.25) is 0 Å². The second-order valence-electron chi connectivity index (χ2n) is 5.94. The Morgan fingerprint density at radius 2 is 2.06 bits per heavy atom. The molecule has 2 rings (SSSR count). The Labute approximate surface area is 110 Å². The Bertz CT molecular complexity index is 410. The fourth-order valence-corrected chi connectivity index (χ4v) is 2.64. The van der Waals surface area contributed by atoms with Crippen LogP contribution in [-0.2, 0) is 0 Å². The highest BCUT2D eigenvalue weighted by Crippen LogP contribution is 2.48. The summed E-state index contributed by atoms with van der Waals surface area (Å²) in [6.45, 7) is 7.90. The summed E-state index contributed by atoms with van der Waals surface area (Å²) in [6, 6.07) is 7.03. The molecule has 1 aromatic carbocycles. The molecule has 1 aromatic rings.